The van der Waals surface area contributed by atoms with Crippen molar-refractivity contribution in [2.45, 2.75) is 31.8 Å². The minimum Gasteiger partial charge on any atom is -0.480 e. The molecular weight excluding hydrogens is 294 g/mol. The maximum atomic E-state index is 11.8. The number of hydrogen-bond donors (Lipinski definition) is 4. The third-order valence-corrected chi connectivity index (χ3v) is 2.62. The Kier molecular flexibility index (Phi) is 9.19. The first-order valence-corrected chi connectivity index (χ1v) is 6.56. The van der Waals surface area contributed by atoms with Gasteiger partial charge in [-0.1, -0.05) is 12.2 Å². The smallest absolute Gasteiger partial charge is 0.325 e. The van der Waals surface area contributed by atoms with Crippen LogP contribution in [0.15, 0.2) is 12.2 Å². The van der Waals surface area contributed by atoms with E-state index in [-0.39, 0.29) is 19.4 Å². The van der Waals surface area contributed by atoms with Gasteiger partial charge >= 0.3 is 11.9 Å². The van der Waals surface area contributed by atoms with Gasteiger partial charge in [-0.3, -0.25) is 19.2 Å². The monoisotopic (exact) mass is 315 g/mol. The van der Waals surface area contributed by atoms with Crippen LogP contribution in [-0.4, -0.2) is 54.6 Å². The number of amides is 2. The molecule has 0 fully saturated rings. The van der Waals surface area contributed by atoms with E-state index in [9.17, 15) is 19.2 Å². The van der Waals surface area contributed by atoms with Gasteiger partial charge in [-0.2, -0.15) is 0 Å². The van der Waals surface area contributed by atoms with E-state index in [1.54, 1.807) is 13.0 Å². The number of esters is 1. The molecule has 2 unspecified atom stereocenters. The largest absolute Gasteiger partial charge is 0.480 e. The Morgan fingerprint density at radius 3 is 2.45 bits per heavy atom. The van der Waals surface area contributed by atoms with Crippen LogP contribution in [0, 0.1) is 0 Å². The first-order chi connectivity index (χ1) is 10.3. The number of carboxylic acids is 1. The molecule has 0 rings (SSSR count). The van der Waals surface area contributed by atoms with Gasteiger partial charge in [0.2, 0.25) is 11.8 Å². The lowest BCUT2D eigenvalue weighted by molar-refractivity contribution is -0.141. The summed E-state index contributed by atoms with van der Waals surface area (Å²) < 4.78 is 4.38. The Labute approximate surface area is 127 Å². The van der Waals surface area contributed by atoms with Crippen LogP contribution in [0.2, 0.25) is 0 Å². The summed E-state index contributed by atoms with van der Waals surface area (Å²) in [5.74, 6) is -2.92. The fraction of sp³-hybridized carbons (Fsp3) is 0.538. The average Bonchev–Trinajstić information content (AvgIpc) is 2.49. The lowest BCUT2D eigenvalue weighted by Gasteiger charge is -2.15. The molecule has 9 heteroatoms. The first-order valence-electron chi connectivity index (χ1n) is 6.56. The molecule has 0 heterocycles. The topological polar surface area (TPSA) is 148 Å². The summed E-state index contributed by atoms with van der Waals surface area (Å²) in [5.41, 5.74) is 5.29. The molecule has 2 atom stereocenters. The van der Waals surface area contributed by atoms with Crippen LogP contribution in [0.25, 0.3) is 0 Å². The third-order valence-electron chi connectivity index (χ3n) is 2.62. The second-order valence-electron chi connectivity index (χ2n) is 4.35. The summed E-state index contributed by atoms with van der Waals surface area (Å²) in [4.78, 5) is 45.0. The maximum absolute atomic E-state index is 11.8. The van der Waals surface area contributed by atoms with Gasteiger partial charge in [0.05, 0.1) is 7.11 Å². The molecule has 0 aromatic carbocycles. The van der Waals surface area contributed by atoms with Crippen LogP contribution >= 0.6 is 0 Å². The van der Waals surface area contributed by atoms with Crippen molar-refractivity contribution in [1.29, 1.82) is 0 Å². The predicted octanol–water partition coefficient (Wildman–Crippen LogP) is -1.47. The molecular formula is C13H21N3O6. The van der Waals surface area contributed by atoms with Gasteiger partial charge in [-0.05, 0) is 13.3 Å². The van der Waals surface area contributed by atoms with Crippen LogP contribution in [0.4, 0.5) is 0 Å². The van der Waals surface area contributed by atoms with E-state index in [0.717, 1.165) is 0 Å². The van der Waals surface area contributed by atoms with Crippen LogP contribution in [0.1, 0.15) is 19.8 Å². The number of ether oxygens (including phenoxy) is 1. The highest BCUT2D eigenvalue weighted by molar-refractivity contribution is 5.91. The minimum atomic E-state index is -1.20. The van der Waals surface area contributed by atoms with E-state index >= 15 is 0 Å². The molecule has 0 spiro atoms. The molecule has 0 radical (unpaired) electrons. The van der Waals surface area contributed by atoms with Crippen LogP contribution in [0.5, 0.6) is 0 Å². The van der Waals surface area contributed by atoms with E-state index in [2.05, 4.69) is 15.4 Å². The Hall–Kier alpha value is -2.42. The van der Waals surface area contributed by atoms with Crippen molar-refractivity contribution < 1.29 is 29.0 Å². The molecule has 0 saturated heterocycles. The van der Waals surface area contributed by atoms with Crippen LogP contribution in [-0.2, 0) is 23.9 Å². The van der Waals surface area contributed by atoms with Gasteiger partial charge in [0, 0.05) is 6.42 Å². The summed E-state index contributed by atoms with van der Waals surface area (Å²) in [6.07, 6.45) is 2.81. The zero-order valence-electron chi connectivity index (χ0n) is 12.5. The van der Waals surface area contributed by atoms with Gasteiger partial charge < -0.3 is 26.2 Å². The Balaban J connectivity index is 4.44. The molecule has 22 heavy (non-hydrogen) atoms. The Morgan fingerprint density at radius 2 is 1.95 bits per heavy atom. The van der Waals surface area contributed by atoms with Gasteiger partial charge in [0.25, 0.3) is 0 Å². The molecule has 124 valence electrons. The zero-order valence-corrected chi connectivity index (χ0v) is 12.5. The Morgan fingerprint density at radius 1 is 1.32 bits per heavy atom. The first kappa shape index (κ1) is 19.6. The molecule has 9 nitrogen and oxygen atoms in total. The van der Waals surface area contributed by atoms with Crippen molar-refractivity contribution in [2.75, 3.05) is 13.7 Å². The zero-order chi connectivity index (χ0) is 17.1. The van der Waals surface area contributed by atoms with E-state index in [0.29, 0.717) is 0 Å². The normalized spacial score (nSPS) is 13.2. The average molecular weight is 315 g/mol. The number of methoxy groups -OCH3 is 1. The molecule has 0 aromatic rings. The molecule has 5 N–H and O–H groups in total. The van der Waals surface area contributed by atoms with Crippen molar-refractivity contribution in [3.8, 4) is 0 Å². The highest BCUT2D eigenvalue weighted by atomic mass is 16.5. The lowest BCUT2D eigenvalue weighted by atomic mass is 10.1. The van der Waals surface area contributed by atoms with Crippen molar-refractivity contribution in [2.24, 2.45) is 5.73 Å². The standard InChI is InChI=1S/C13H21N3O6/c1-3-4-9(12(19)15-7-11(18)22-2)16-10(17)6-5-8(14)13(20)21/h3-4,8-9H,5-7,14H2,1-2H3,(H,15,19)(H,16,17)(H,20,21)/b4-3+. The summed E-state index contributed by atoms with van der Waals surface area (Å²) in [5, 5.41) is 13.3. The van der Waals surface area contributed by atoms with Gasteiger partial charge in [0.1, 0.15) is 18.6 Å². The van der Waals surface area contributed by atoms with E-state index < -0.39 is 35.8 Å². The van der Waals surface area contributed by atoms with Crippen molar-refractivity contribution in [3.63, 3.8) is 0 Å². The molecule has 0 aromatic heterocycles. The highest BCUT2D eigenvalue weighted by Gasteiger charge is 2.20. The van der Waals surface area contributed by atoms with Crippen molar-refractivity contribution in [1.82, 2.24) is 10.6 Å². The number of carbonyl (C=O) groups is 4. The minimum absolute atomic E-state index is 0.0481. The number of aliphatic carboxylic acids is 1. The van der Waals surface area contributed by atoms with Gasteiger partial charge in [0.15, 0.2) is 0 Å². The Bertz CT molecular complexity index is 449. The second kappa shape index (κ2) is 10.3. The quantitative estimate of drug-likeness (QED) is 0.300. The number of carboxylic acid groups (broad SMARTS) is 1. The summed E-state index contributed by atoms with van der Waals surface area (Å²) in [6.45, 7) is 1.34. The predicted molar refractivity (Wildman–Crippen MR) is 76.6 cm³/mol. The maximum Gasteiger partial charge on any atom is 0.325 e. The lowest BCUT2D eigenvalue weighted by Crippen LogP contribution is -2.47. The summed E-state index contributed by atoms with van der Waals surface area (Å²) >= 11 is 0. The van der Waals surface area contributed by atoms with Crippen LogP contribution < -0.4 is 16.4 Å². The van der Waals surface area contributed by atoms with E-state index in [1.165, 1.54) is 13.2 Å². The highest BCUT2D eigenvalue weighted by Crippen LogP contribution is 1.97. The summed E-state index contributed by atoms with van der Waals surface area (Å²) in [6, 6.07) is -2.11. The SMILES string of the molecule is C/C=C/C(NC(=O)CCC(N)C(=O)O)C(=O)NCC(=O)OC. The second-order valence-corrected chi connectivity index (χ2v) is 4.35. The number of nitrogens with two attached hydrogens (primary N) is 1. The number of nitrogens with one attached hydrogen (secondary N) is 2. The van der Waals surface area contributed by atoms with Crippen LogP contribution in [0.3, 0.4) is 0 Å². The molecule has 0 aliphatic rings. The van der Waals surface area contributed by atoms with Gasteiger partial charge in [-0.15, -0.1) is 0 Å². The molecule has 2 amide bonds. The number of hydrogen-bond acceptors (Lipinski definition) is 6. The number of allylic oxidation sites excluding steroid dienone is 1. The van der Waals surface area contributed by atoms with E-state index in [1.807, 2.05) is 0 Å². The van der Waals surface area contributed by atoms with Crippen molar-refractivity contribution in [3.05, 3.63) is 12.2 Å². The molecule has 0 saturated carbocycles. The molecule has 0 aliphatic heterocycles. The van der Waals surface area contributed by atoms with Crippen molar-refractivity contribution >= 4 is 23.8 Å². The fourth-order valence-electron chi connectivity index (χ4n) is 1.39. The fourth-order valence-corrected chi connectivity index (χ4v) is 1.39. The third kappa shape index (κ3) is 8.00. The molecule has 0 bridgehead atoms. The van der Waals surface area contributed by atoms with Gasteiger partial charge in [-0.25, -0.2) is 0 Å². The number of rotatable bonds is 9. The molecule has 0 aliphatic carbocycles. The number of carbonyl (C=O) groups excluding carboxylic acids is 3. The summed E-state index contributed by atoms with van der Waals surface area (Å²) in [7, 11) is 1.19. The van der Waals surface area contributed by atoms with E-state index in [4.69, 9.17) is 10.8 Å².